The van der Waals surface area contributed by atoms with Crippen molar-refractivity contribution < 1.29 is 9.47 Å². The van der Waals surface area contributed by atoms with E-state index in [4.69, 9.17) is 21.1 Å². The van der Waals surface area contributed by atoms with Gasteiger partial charge in [-0.15, -0.1) is 0 Å². The van der Waals surface area contributed by atoms with Crippen LogP contribution < -0.4 is 9.47 Å². The molecule has 0 bridgehead atoms. The molecule has 3 rings (SSSR count). The summed E-state index contributed by atoms with van der Waals surface area (Å²) in [6.45, 7) is 5.19. The van der Waals surface area contributed by atoms with Crippen molar-refractivity contribution in [2.24, 2.45) is 17.8 Å². The second-order valence-corrected chi connectivity index (χ2v) is 7.47. The van der Waals surface area contributed by atoms with Crippen molar-refractivity contribution in [2.75, 3.05) is 13.2 Å². The Morgan fingerprint density at radius 1 is 1.10 bits per heavy atom. The second kappa shape index (κ2) is 6.37. The first kappa shape index (κ1) is 15.5. The van der Waals surface area contributed by atoms with Crippen LogP contribution in [-0.4, -0.2) is 13.2 Å². The molecule has 1 aromatic carbocycles. The van der Waals surface area contributed by atoms with E-state index in [0.717, 1.165) is 33.9 Å². The zero-order chi connectivity index (χ0) is 15.0. The molecule has 4 heteroatoms. The molecule has 0 heterocycles. The van der Waals surface area contributed by atoms with Crippen molar-refractivity contribution >= 4 is 27.5 Å². The minimum absolute atomic E-state index is 0.313. The summed E-state index contributed by atoms with van der Waals surface area (Å²) in [4.78, 5) is 0.313. The maximum atomic E-state index is 6.49. The lowest BCUT2D eigenvalue weighted by Gasteiger charge is -2.22. The third kappa shape index (κ3) is 3.19. The SMILES string of the molecule is CCOc1cc(Cl)c(C(Br)C2CC3CC3C2)cc1OCC. The number of ether oxygens (including phenoxy) is 2. The Hall–Kier alpha value is -0.410. The van der Waals surface area contributed by atoms with Gasteiger partial charge < -0.3 is 9.47 Å². The highest BCUT2D eigenvalue weighted by Crippen LogP contribution is 2.59. The average molecular weight is 374 g/mol. The number of fused-ring (bicyclic) bond motifs is 1. The van der Waals surface area contributed by atoms with Gasteiger partial charge in [-0.25, -0.2) is 0 Å². The Morgan fingerprint density at radius 3 is 2.24 bits per heavy atom. The van der Waals surface area contributed by atoms with Gasteiger partial charge in [0.2, 0.25) is 0 Å². The Labute approximate surface area is 140 Å². The van der Waals surface area contributed by atoms with Crippen LogP contribution in [0.3, 0.4) is 0 Å². The lowest BCUT2D eigenvalue weighted by atomic mass is 9.94. The first-order valence-corrected chi connectivity index (χ1v) is 9.16. The van der Waals surface area contributed by atoms with Crippen LogP contribution in [0.4, 0.5) is 0 Å². The highest BCUT2D eigenvalue weighted by molar-refractivity contribution is 9.09. The Morgan fingerprint density at radius 2 is 1.67 bits per heavy atom. The number of alkyl halides is 1. The van der Waals surface area contributed by atoms with E-state index in [0.29, 0.717) is 24.0 Å². The molecule has 2 fully saturated rings. The van der Waals surface area contributed by atoms with Crippen LogP contribution in [0.2, 0.25) is 5.02 Å². The van der Waals surface area contributed by atoms with Crippen molar-refractivity contribution in [1.29, 1.82) is 0 Å². The number of hydrogen-bond donors (Lipinski definition) is 0. The summed E-state index contributed by atoms with van der Waals surface area (Å²) in [7, 11) is 0. The molecule has 0 saturated heterocycles. The number of benzene rings is 1. The van der Waals surface area contributed by atoms with Gasteiger partial charge in [-0.3, -0.25) is 0 Å². The molecular weight excluding hydrogens is 352 g/mol. The van der Waals surface area contributed by atoms with Crippen LogP contribution in [0.25, 0.3) is 0 Å². The lowest BCUT2D eigenvalue weighted by molar-refractivity contribution is 0.287. The topological polar surface area (TPSA) is 18.5 Å². The molecule has 0 N–H and O–H groups in total. The maximum Gasteiger partial charge on any atom is 0.162 e. The minimum atomic E-state index is 0.313. The summed E-state index contributed by atoms with van der Waals surface area (Å²) in [6, 6.07) is 3.95. The van der Waals surface area contributed by atoms with Crippen LogP contribution in [0.5, 0.6) is 11.5 Å². The molecule has 0 aromatic heterocycles. The highest BCUT2D eigenvalue weighted by atomic mass is 79.9. The Bertz CT molecular complexity index is 510. The molecule has 0 aliphatic heterocycles. The fraction of sp³-hybridized carbons (Fsp3) is 0.647. The number of hydrogen-bond acceptors (Lipinski definition) is 2. The standard InChI is InChI=1S/C17H22BrClO2/c1-3-20-15-8-13(14(19)9-16(15)21-4-2)17(18)12-6-10-5-11(10)7-12/h8-12,17H,3-7H2,1-2H3. The molecule has 1 aromatic rings. The molecule has 2 nitrogen and oxygen atoms in total. The molecule has 2 saturated carbocycles. The van der Waals surface area contributed by atoms with E-state index in [2.05, 4.69) is 22.0 Å². The van der Waals surface area contributed by atoms with Crippen molar-refractivity contribution in [3.8, 4) is 11.5 Å². The third-order valence-corrected chi connectivity index (χ3v) is 6.22. The van der Waals surface area contributed by atoms with Crippen LogP contribution in [0.15, 0.2) is 12.1 Å². The van der Waals surface area contributed by atoms with Gasteiger partial charge in [0, 0.05) is 15.9 Å². The van der Waals surface area contributed by atoms with Gasteiger partial charge >= 0.3 is 0 Å². The molecule has 0 radical (unpaired) electrons. The fourth-order valence-electron chi connectivity index (χ4n) is 3.55. The van der Waals surface area contributed by atoms with Crippen LogP contribution in [0.1, 0.15) is 43.5 Å². The van der Waals surface area contributed by atoms with E-state index in [-0.39, 0.29) is 0 Å². The average Bonchev–Trinajstić information content (AvgIpc) is 3.07. The van der Waals surface area contributed by atoms with E-state index in [1.807, 2.05) is 19.9 Å². The number of rotatable bonds is 6. The van der Waals surface area contributed by atoms with Crippen molar-refractivity contribution in [3.63, 3.8) is 0 Å². The Kier molecular flexibility index (Phi) is 4.70. The maximum absolute atomic E-state index is 6.49. The van der Waals surface area contributed by atoms with Gasteiger partial charge in [0.25, 0.3) is 0 Å². The van der Waals surface area contributed by atoms with Crippen LogP contribution in [-0.2, 0) is 0 Å². The highest BCUT2D eigenvalue weighted by Gasteiger charge is 2.47. The van der Waals surface area contributed by atoms with Gasteiger partial charge in [0.1, 0.15) is 0 Å². The van der Waals surface area contributed by atoms with Crippen molar-refractivity contribution in [3.05, 3.63) is 22.7 Å². The zero-order valence-corrected chi connectivity index (χ0v) is 14.9. The van der Waals surface area contributed by atoms with Gasteiger partial charge in [-0.1, -0.05) is 27.5 Å². The van der Waals surface area contributed by atoms with E-state index in [1.54, 1.807) is 0 Å². The first-order chi connectivity index (χ1) is 10.1. The Balaban J connectivity index is 1.84. The fourth-order valence-corrected chi connectivity index (χ4v) is 4.77. The van der Waals surface area contributed by atoms with E-state index < -0.39 is 0 Å². The number of halogens is 2. The van der Waals surface area contributed by atoms with Gasteiger partial charge in [0.05, 0.1) is 13.2 Å². The molecule has 2 aliphatic rings. The van der Waals surface area contributed by atoms with E-state index in [9.17, 15) is 0 Å². The summed E-state index contributed by atoms with van der Waals surface area (Å²) in [5.74, 6) is 4.18. The molecule has 0 amide bonds. The summed E-state index contributed by atoms with van der Waals surface area (Å²) >= 11 is 10.4. The molecule has 116 valence electrons. The van der Waals surface area contributed by atoms with Crippen LogP contribution >= 0.6 is 27.5 Å². The molecule has 0 spiro atoms. The predicted molar refractivity (Wildman–Crippen MR) is 89.8 cm³/mol. The van der Waals surface area contributed by atoms with Gasteiger partial charge in [-0.05, 0) is 62.5 Å². The predicted octanol–water partition coefficient (Wildman–Crippen LogP) is 5.62. The summed E-state index contributed by atoms with van der Waals surface area (Å²) in [6.07, 6.45) is 4.10. The van der Waals surface area contributed by atoms with Crippen molar-refractivity contribution in [2.45, 2.75) is 37.9 Å². The normalized spacial score (nSPS) is 28.1. The van der Waals surface area contributed by atoms with Crippen molar-refractivity contribution in [1.82, 2.24) is 0 Å². The van der Waals surface area contributed by atoms with E-state index >= 15 is 0 Å². The third-order valence-electron chi connectivity index (χ3n) is 4.65. The van der Waals surface area contributed by atoms with Crippen LogP contribution in [0, 0.1) is 17.8 Å². The van der Waals surface area contributed by atoms with Gasteiger partial charge in [0.15, 0.2) is 11.5 Å². The smallest absolute Gasteiger partial charge is 0.162 e. The summed E-state index contributed by atoms with van der Waals surface area (Å²) in [5, 5.41) is 0.768. The zero-order valence-electron chi connectivity index (χ0n) is 12.6. The monoisotopic (exact) mass is 372 g/mol. The lowest BCUT2D eigenvalue weighted by Crippen LogP contribution is -2.07. The summed E-state index contributed by atoms with van der Waals surface area (Å²) < 4.78 is 11.4. The molecule has 2 aliphatic carbocycles. The quantitative estimate of drug-likeness (QED) is 0.602. The summed E-state index contributed by atoms with van der Waals surface area (Å²) in [5.41, 5.74) is 1.13. The second-order valence-electron chi connectivity index (χ2n) is 6.08. The molecular formula is C17H22BrClO2. The first-order valence-electron chi connectivity index (χ1n) is 7.87. The molecule has 3 atom stereocenters. The molecule has 3 unspecified atom stereocenters. The largest absolute Gasteiger partial charge is 0.490 e. The minimum Gasteiger partial charge on any atom is -0.490 e. The molecule has 21 heavy (non-hydrogen) atoms. The van der Waals surface area contributed by atoms with Gasteiger partial charge in [-0.2, -0.15) is 0 Å². The van der Waals surface area contributed by atoms with E-state index in [1.165, 1.54) is 19.3 Å².